The lowest BCUT2D eigenvalue weighted by atomic mass is 10.0. The van der Waals surface area contributed by atoms with Gasteiger partial charge in [0.05, 0.1) is 24.8 Å². The van der Waals surface area contributed by atoms with Crippen molar-refractivity contribution in [2.24, 2.45) is 0 Å². The zero-order chi connectivity index (χ0) is 12.8. The highest BCUT2D eigenvalue weighted by Gasteiger charge is 2.18. The molecule has 0 aromatic heterocycles. The number of carbonyl (C=O) groups excluding carboxylic acids is 1. The predicted molar refractivity (Wildman–Crippen MR) is 66.3 cm³/mol. The molecule has 0 aliphatic heterocycles. The predicted octanol–water partition coefficient (Wildman–Crippen LogP) is 2.64. The van der Waals surface area contributed by atoms with Crippen molar-refractivity contribution in [2.75, 3.05) is 13.7 Å². The fourth-order valence-corrected chi connectivity index (χ4v) is 2.04. The number of halogens is 1. The first-order chi connectivity index (χ1) is 8.19. The minimum absolute atomic E-state index is 0.308. The zero-order valence-electron chi connectivity index (χ0n) is 9.62. The first-order valence-electron chi connectivity index (χ1n) is 5.02. The second-order valence-electron chi connectivity index (χ2n) is 3.14. The zero-order valence-corrected chi connectivity index (χ0v) is 11.2. The molecule has 0 radical (unpaired) electrons. The van der Waals surface area contributed by atoms with E-state index in [0.717, 1.165) is 0 Å². The highest BCUT2D eigenvalue weighted by molar-refractivity contribution is 9.08. The number of carbonyl (C=O) groups is 1. The Kier molecular flexibility index (Phi) is 4.98. The summed E-state index contributed by atoms with van der Waals surface area (Å²) in [5, 5.41) is 9.36. The molecule has 0 spiro atoms. The molecule has 0 amide bonds. The van der Waals surface area contributed by atoms with Crippen molar-refractivity contribution in [3.8, 4) is 11.8 Å². The second kappa shape index (κ2) is 6.26. The number of methoxy groups -OCH3 is 1. The Morgan fingerprint density at radius 3 is 2.71 bits per heavy atom. The van der Waals surface area contributed by atoms with Crippen molar-refractivity contribution in [1.82, 2.24) is 0 Å². The monoisotopic (exact) mass is 297 g/mol. The van der Waals surface area contributed by atoms with E-state index in [9.17, 15) is 4.79 Å². The summed E-state index contributed by atoms with van der Waals surface area (Å²) in [5.41, 5.74) is 1.44. The second-order valence-corrected chi connectivity index (χ2v) is 3.70. The summed E-state index contributed by atoms with van der Waals surface area (Å²) >= 11 is 3.29. The highest BCUT2D eigenvalue weighted by Crippen LogP contribution is 2.29. The van der Waals surface area contributed by atoms with Gasteiger partial charge in [0.15, 0.2) is 0 Å². The summed E-state index contributed by atoms with van der Waals surface area (Å²) < 4.78 is 10.1. The number of alkyl halides is 1. The van der Waals surface area contributed by atoms with E-state index in [4.69, 9.17) is 14.7 Å². The number of ether oxygens (including phenoxy) is 2. The van der Waals surface area contributed by atoms with E-state index in [1.165, 1.54) is 7.11 Å². The molecule has 1 aromatic rings. The van der Waals surface area contributed by atoms with Crippen LogP contribution < -0.4 is 4.74 Å². The molecule has 90 valence electrons. The SMILES string of the molecule is CCOC(=O)c1ccc(C#N)c(OC)c1CBr. The van der Waals surface area contributed by atoms with Crippen molar-refractivity contribution in [1.29, 1.82) is 5.26 Å². The number of benzene rings is 1. The number of rotatable bonds is 4. The molecular formula is C12H12BrNO3. The maximum atomic E-state index is 11.7. The lowest BCUT2D eigenvalue weighted by molar-refractivity contribution is 0.0525. The van der Waals surface area contributed by atoms with Gasteiger partial charge in [0, 0.05) is 10.9 Å². The molecule has 0 unspecified atom stereocenters. The molecule has 0 bridgehead atoms. The van der Waals surface area contributed by atoms with Crippen molar-refractivity contribution in [2.45, 2.75) is 12.3 Å². The van der Waals surface area contributed by atoms with Crippen molar-refractivity contribution >= 4 is 21.9 Å². The van der Waals surface area contributed by atoms with Crippen LogP contribution in [0.25, 0.3) is 0 Å². The van der Waals surface area contributed by atoms with E-state index >= 15 is 0 Å². The molecule has 0 fully saturated rings. The van der Waals surface area contributed by atoms with Gasteiger partial charge >= 0.3 is 5.97 Å². The first kappa shape index (κ1) is 13.5. The number of nitrogens with zero attached hydrogens (tertiary/aromatic N) is 1. The van der Waals surface area contributed by atoms with E-state index in [2.05, 4.69) is 15.9 Å². The van der Waals surface area contributed by atoms with Crippen LogP contribution in [0, 0.1) is 11.3 Å². The normalized spacial score (nSPS) is 9.53. The van der Waals surface area contributed by atoms with Gasteiger partial charge in [-0.1, -0.05) is 15.9 Å². The third-order valence-corrected chi connectivity index (χ3v) is 2.77. The van der Waals surface area contributed by atoms with E-state index in [-0.39, 0.29) is 0 Å². The smallest absolute Gasteiger partial charge is 0.338 e. The molecule has 0 heterocycles. The molecule has 1 aromatic carbocycles. The van der Waals surface area contributed by atoms with Gasteiger partial charge in [-0.05, 0) is 19.1 Å². The Bertz CT molecular complexity index is 466. The minimum atomic E-state index is -0.412. The summed E-state index contributed by atoms with van der Waals surface area (Å²) in [6, 6.07) is 5.15. The molecule has 0 aliphatic carbocycles. The van der Waals surface area contributed by atoms with E-state index < -0.39 is 5.97 Å². The summed E-state index contributed by atoms with van der Waals surface area (Å²) in [4.78, 5) is 11.7. The summed E-state index contributed by atoms with van der Waals surface area (Å²) in [5.74, 6) is -0.000308. The Labute approximate surface area is 108 Å². The van der Waals surface area contributed by atoms with Gasteiger partial charge in [-0.15, -0.1) is 0 Å². The van der Waals surface area contributed by atoms with Crippen LogP contribution in [0.15, 0.2) is 12.1 Å². The molecule has 0 saturated heterocycles. The van der Waals surface area contributed by atoms with Gasteiger partial charge in [-0.3, -0.25) is 0 Å². The van der Waals surface area contributed by atoms with Crippen LogP contribution in [-0.2, 0) is 10.1 Å². The number of esters is 1. The third kappa shape index (κ3) is 2.77. The van der Waals surface area contributed by atoms with Crippen LogP contribution >= 0.6 is 15.9 Å². The summed E-state index contributed by atoms with van der Waals surface area (Å²) in [7, 11) is 1.47. The lowest BCUT2D eigenvalue weighted by Gasteiger charge is -2.12. The van der Waals surface area contributed by atoms with Gasteiger partial charge in [0.25, 0.3) is 0 Å². The maximum Gasteiger partial charge on any atom is 0.338 e. The third-order valence-electron chi connectivity index (χ3n) is 2.21. The summed E-state index contributed by atoms with van der Waals surface area (Å²) in [6.07, 6.45) is 0. The number of hydrogen-bond acceptors (Lipinski definition) is 4. The van der Waals surface area contributed by atoms with Gasteiger partial charge in [0.1, 0.15) is 11.8 Å². The van der Waals surface area contributed by atoms with E-state index in [1.54, 1.807) is 19.1 Å². The highest BCUT2D eigenvalue weighted by atomic mass is 79.9. The maximum absolute atomic E-state index is 11.7. The van der Waals surface area contributed by atoms with Gasteiger partial charge < -0.3 is 9.47 Å². The van der Waals surface area contributed by atoms with Crippen molar-refractivity contribution in [3.05, 3.63) is 28.8 Å². The van der Waals surface area contributed by atoms with Gasteiger partial charge in [0.2, 0.25) is 0 Å². The molecular weight excluding hydrogens is 286 g/mol. The molecule has 0 aliphatic rings. The van der Waals surface area contributed by atoms with Gasteiger partial charge in [-0.25, -0.2) is 4.79 Å². The lowest BCUT2D eigenvalue weighted by Crippen LogP contribution is -2.09. The number of hydrogen-bond donors (Lipinski definition) is 0. The summed E-state index contributed by atoms with van der Waals surface area (Å²) in [6.45, 7) is 2.05. The number of nitriles is 1. The van der Waals surface area contributed by atoms with E-state index in [1.807, 2.05) is 6.07 Å². The minimum Gasteiger partial charge on any atom is -0.495 e. The topological polar surface area (TPSA) is 59.3 Å². The Morgan fingerprint density at radius 2 is 2.24 bits per heavy atom. The van der Waals surface area contributed by atoms with Gasteiger partial charge in [-0.2, -0.15) is 5.26 Å². The quantitative estimate of drug-likeness (QED) is 0.633. The molecule has 0 atom stereocenters. The van der Waals surface area contributed by atoms with Crippen LogP contribution in [0.3, 0.4) is 0 Å². The fourth-order valence-electron chi connectivity index (χ4n) is 1.48. The van der Waals surface area contributed by atoms with Crippen LogP contribution in [0.2, 0.25) is 0 Å². The van der Waals surface area contributed by atoms with Crippen molar-refractivity contribution < 1.29 is 14.3 Å². The van der Waals surface area contributed by atoms with E-state index in [0.29, 0.717) is 34.4 Å². The van der Waals surface area contributed by atoms with Crippen LogP contribution in [-0.4, -0.2) is 19.7 Å². The van der Waals surface area contributed by atoms with Crippen LogP contribution in [0.4, 0.5) is 0 Å². The molecule has 4 nitrogen and oxygen atoms in total. The van der Waals surface area contributed by atoms with Crippen LogP contribution in [0.5, 0.6) is 5.75 Å². The average Bonchev–Trinajstić information content (AvgIpc) is 2.36. The first-order valence-corrected chi connectivity index (χ1v) is 6.14. The molecule has 17 heavy (non-hydrogen) atoms. The average molecular weight is 298 g/mol. The largest absolute Gasteiger partial charge is 0.495 e. The molecule has 0 saturated carbocycles. The van der Waals surface area contributed by atoms with Crippen molar-refractivity contribution in [3.63, 3.8) is 0 Å². The molecule has 5 heteroatoms. The standard InChI is InChI=1S/C12H12BrNO3/c1-3-17-12(15)9-5-4-8(7-14)11(16-2)10(9)6-13/h4-5H,3,6H2,1-2H3. The molecule has 1 rings (SSSR count). The Balaban J connectivity index is 3.34. The van der Waals surface area contributed by atoms with Crippen LogP contribution in [0.1, 0.15) is 28.4 Å². The molecule has 0 N–H and O–H groups in total. The Hall–Kier alpha value is -1.54. The fraction of sp³-hybridized carbons (Fsp3) is 0.333. The Morgan fingerprint density at radius 1 is 1.53 bits per heavy atom.